The zero-order valence-electron chi connectivity index (χ0n) is 12.6. The second kappa shape index (κ2) is 6.84. The van der Waals surface area contributed by atoms with Crippen LogP contribution in [0.15, 0.2) is 47.5 Å². The van der Waals surface area contributed by atoms with Gasteiger partial charge in [0.15, 0.2) is 0 Å². The van der Waals surface area contributed by atoms with Gasteiger partial charge < -0.3 is 5.32 Å². The van der Waals surface area contributed by atoms with Crippen molar-refractivity contribution in [3.63, 3.8) is 0 Å². The predicted molar refractivity (Wildman–Crippen MR) is 83.8 cm³/mol. The van der Waals surface area contributed by atoms with E-state index in [0.717, 1.165) is 29.8 Å². The fraction of sp³-hybridized carbons (Fsp3) is 0.200. The molecule has 2 N–H and O–H groups in total. The normalized spacial score (nSPS) is 12.7. The second-order valence-electron chi connectivity index (χ2n) is 5.01. The van der Waals surface area contributed by atoms with Gasteiger partial charge in [-0.15, -0.1) is 0 Å². The molecule has 0 fully saturated rings. The van der Waals surface area contributed by atoms with Gasteiger partial charge in [0.1, 0.15) is 11.6 Å². The number of sulfonamides is 1. The Morgan fingerprint density at radius 1 is 1.17 bits per heavy atom. The molecule has 8 heteroatoms. The van der Waals surface area contributed by atoms with Gasteiger partial charge in [-0.3, -0.25) is 4.79 Å². The van der Waals surface area contributed by atoms with Crippen molar-refractivity contribution in [2.75, 3.05) is 5.32 Å². The molecule has 1 heterocycles. The minimum absolute atomic E-state index is 0.119. The lowest BCUT2D eigenvalue weighted by Gasteiger charge is -2.14. The summed E-state index contributed by atoms with van der Waals surface area (Å²) in [4.78, 5) is 15.9. The Morgan fingerprint density at radius 3 is 2.39 bits per heavy atom. The largest absolute Gasteiger partial charge is 0.309 e. The van der Waals surface area contributed by atoms with Gasteiger partial charge >= 0.3 is 0 Å². The molecule has 0 radical (unpaired) electrons. The van der Waals surface area contributed by atoms with Gasteiger partial charge in [0.25, 0.3) is 0 Å². The predicted octanol–water partition coefficient (Wildman–Crippen LogP) is 1.83. The van der Waals surface area contributed by atoms with E-state index in [4.69, 9.17) is 0 Å². The first-order valence-electron chi connectivity index (χ1n) is 6.79. The fourth-order valence-electron chi connectivity index (χ4n) is 1.74. The molecule has 0 aliphatic rings. The minimum Gasteiger partial charge on any atom is -0.309 e. The van der Waals surface area contributed by atoms with Crippen LogP contribution in [0.25, 0.3) is 0 Å². The molecule has 2 aromatic rings. The van der Waals surface area contributed by atoms with Crippen molar-refractivity contribution in [3.05, 3.63) is 54.0 Å². The lowest BCUT2D eigenvalue weighted by Crippen LogP contribution is -2.41. The Hall–Kier alpha value is -2.32. The van der Waals surface area contributed by atoms with Crippen LogP contribution >= 0.6 is 0 Å². The van der Waals surface area contributed by atoms with E-state index in [2.05, 4.69) is 15.0 Å². The monoisotopic (exact) mass is 337 g/mol. The van der Waals surface area contributed by atoms with Crippen LogP contribution in [0.4, 0.5) is 10.2 Å². The van der Waals surface area contributed by atoms with E-state index >= 15 is 0 Å². The molecule has 0 spiro atoms. The standard InChI is InChI=1S/C15H16FN3O3S/c1-10-3-8-14(17-9-10)18-15(20)11(2)19-23(21,22)13-6-4-12(16)5-7-13/h3-9,11,19H,1-2H3,(H,17,18,20). The maximum absolute atomic E-state index is 12.8. The van der Waals surface area contributed by atoms with E-state index in [1.807, 2.05) is 6.92 Å². The smallest absolute Gasteiger partial charge is 0.243 e. The highest BCUT2D eigenvalue weighted by molar-refractivity contribution is 7.89. The first kappa shape index (κ1) is 17.0. The topological polar surface area (TPSA) is 88.2 Å². The van der Waals surface area contributed by atoms with E-state index in [0.29, 0.717) is 5.82 Å². The number of aryl methyl sites for hydroxylation is 1. The van der Waals surface area contributed by atoms with Crippen LogP contribution in [0.1, 0.15) is 12.5 Å². The van der Waals surface area contributed by atoms with E-state index in [9.17, 15) is 17.6 Å². The number of rotatable bonds is 5. The number of hydrogen-bond donors (Lipinski definition) is 2. The van der Waals surface area contributed by atoms with Crippen molar-refractivity contribution in [3.8, 4) is 0 Å². The van der Waals surface area contributed by atoms with E-state index < -0.39 is 27.8 Å². The third-order valence-corrected chi connectivity index (χ3v) is 4.57. The Bertz CT molecular complexity index is 790. The highest BCUT2D eigenvalue weighted by Crippen LogP contribution is 2.11. The van der Waals surface area contributed by atoms with Gasteiger partial charge in [-0.1, -0.05) is 6.07 Å². The number of hydrogen-bond acceptors (Lipinski definition) is 4. The van der Waals surface area contributed by atoms with Crippen molar-refractivity contribution in [1.82, 2.24) is 9.71 Å². The molecular weight excluding hydrogens is 321 g/mol. The third kappa shape index (κ3) is 4.57. The summed E-state index contributed by atoms with van der Waals surface area (Å²) in [5.41, 5.74) is 0.938. The van der Waals surface area contributed by atoms with Gasteiger partial charge in [-0.2, -0.15) is 4.72 Å². The summed E-state index contributed by atoms with van der Waals surface area (Å²) in [6.45, 7) is 3.27. The molecule has 0 saturated heterocycles. The Labute approximate surface area is 133 Å². The number of aromatic nitrogens is 1. The second-order valence-corrected chi connectivity index (χ2v) is 6.72. The molecule has 6 nitrogen and oxygen atoms in total. The molecule has 23 heavy (non-hydrogen) atoms. The summed E-state index contributed by atoms with van der Waals surface area (Å²) in [7, 11) is -3.92. The molecule has 0 bridgehead atoms. The van der Waals surface area contributed by atoms with E-state index in [-0.39, 0.29) is 4.90 Å². The lowest BCUT2D eigenvalue weighted by molar-refractivity contribution is -0.117. The number of nitrogens with zero attached hydrogens (tertiary/aromatic N) is 1. The van der Waals surface area contributed by atoms with Crippen LogP contribution in [0, 0.1) is 12.7 Å². The van der Waals surface area contributed by atoms with Crippen LogP contribution in [-0.2, 0) is 14.8 Å². The summed E-state index contributed by atoms with van der Waals surface area (Å²) in [6, 6.07) is 6.71. The van der Waals surface area contributed by atoms with Crippen LogP contribution in [-0.4, -0.2) is 25.4 Å². The number of carbonyl (C=O) groups is 1. The van der Waals surface area contributed by atoms with Crippen molar-refractivity contribution in [2.45, 2.75) is 24.8 Å². The molecule has 122 valence electrons. The Balaban J connectivity index is 2.05. The van der Waals surface area contributed by atoms with Gasteiger partial charge in [0, 0.05) is 6.20 Å². The molecular formula is C15H16FN3O3S. The molecule has 1 aromatic heterocycles. The molecule has 1 atom stereocenters. The number of anilines is 1. The first-order chi connectivity index (χ1) is 10.8. The molecule has 1 unspecified atom stereocenters. The fourth-order valence-corrected chi connectivity index (χ4v) is 2.95. The zero-order chi connectivity index (χ0) is 17.0. The maximum atomic E-state index is 12.8. The summed E-state index contributed by atoms with van der Waals surface area (Å²) >= 11 is 0. The molecule has 1 amide bonds. The summed E-state index contributed by atoms with van der Waals surface area (Å²) in [6.07, 6.45) is 1.59. The Morgan fingerprint density at radius 2 is 1.83 bits per heavy atom. The molecule has 0 saturated carbocycles. The van der Waals surface area contributed by atoms with Crippen molar-refractivity contribution < 1.29 is 17.6 Å². The average molecular weight is 337 g/mol. The van der Waals surface area contributed by atoms with E-state index in [1.54, 1.807) is 18.3 Å². The molecule has 0 aliphatic heterocycles. The third-order valence-electron chi connectivity index (χ3n) is 3.01. The summed E-state index contributed by atoms with van der Waals surface area (Å²) in [5, 5.41) is 2.52. The Kier molecular flexibility index (Phi) is 5.07. The molecule has 2 rings (SSSR count). The zero-order valence-corrected chi connectivity index (χ0v) is 13.4. The number of benzene rings is 1. The van der Waals surface area contributed by atoms with Gasteiger partial charge in [-0.25, -0.2) is 17.8 Å². The van der Waals surface area contributed by atoms with Crippen LogP contribution in [0.2, 0.25) is 0 Å². The van der Waals surface area contributed by atoms with Crippen LogP contribution in [0.3, 0.4) is 0 Å². The number of amides is 1. The number of pyridine rings is 1. The SMILES string of the molecule is Cc1ccc(NC(=O)C(C)NS(=O)(=O)c2ccc(F)cc2)nc1. The van der Waals surface area contributed by atoms with Crippen molar-refractivity contribution in [2.24, 2.45) is 0 Å². The quantitative estimate of drug-likeness (QED) is 0.871. The lowest BCUT2D eigenvalue weighted by atomic mass is 10.3. The maximum Gasteiger partial charge on any atom is 0.243 e. The minimum atomic E-state index is -3.92. The first-order valence-corrected chi connectivity index (χ1v) is 8.28. The van der Waals surface area contributed by atoms with Gasteiger partial charge in [0.05, 0.1) is 10.9 Å². The number of halogens is 1. The molecule has 0 aliphatic carbocycles. The van der Waals surface area contributed by atoms with Crippen LogP contribution < -0.4 is 10.0 Å². The van der Waals surface area contributed by atoms with Crippen molar-refractivity contribution >= 4 is 21.7 Å². The average Bonchev–Trinajstić information content (AvgIpc) is 2.49. The molecule has 1 aromatic carbocycles. The van der Waals surface area contributed by atoms with Gasteiger partial charge in [-0.05, 0) is 49.7 Å². The number of carbonyl (C=O) groups excluding carboxylic acids is 1. The van der Waals surface area contributed by atoms with Gasteiger partial charge in [0.2, 0.25) is 15.9 Å². The highest BCUT2D eigenvalue weighted by Gasteiger charge is 2.22. The van der Waals surface area contributed by atoms with Crippen molar-refractivity contribution in [1.29, 1.82) is 0 Å². The highest BCUT2D eigenvalue weighted by atomic mass is 32.2. The van der Waals surface area contributed by atoms with Crippen LogP contribution in [0.5, 0.6) is 0 Å². The summed E-state index contributed by atoms with van der Waals surface area (Å²) in [5.74, 6) is -0.763. The number of nitrogens with one attached hydrogen (secondary N) is 2. The summed E-state index contributed by atoms with van der Waals surface area (Å²) < 4.78 is 39.3. The van der Waals surface area contributed by atoms with E-state index in [1.165, 1.54) is 6.92 Å².